The second kappa shape index (κ2) is 2.09. The fourth-order valence-electron chi connectivity index (χ4n) is 0.991. The van der Waals surface area contributed by atoms with Crippen LogP contribution in [0.2, 0.25) is 0 Å². The van der Waals surface area contributed by atoms with Crippen LogP contribution in [-0.4, -0.2) is 4.98 Å². The van der Waals surface area contributed by atoms with Crippen molar-refractivity contribution in [2.75, 3.05) is 0 Å². The van der Waals surface area contributed by atoms with Crippen molar-refractivity contribution >= 4 is 12.7 Å². The van der Waals surface area contributed by atoms with Crippen LogP contribution in [0.4, 0.5) is 0 Å². The fraction of sp³-hybridized carbons (Fsp3) is 0.250. The summed E-state index contributed by atoms with van der Waals surface area (Å²) in [6.45, 7) is 7.91. The third kappa shape index (κ3) is 0.900. The van der Waals surface area contributed by atoms with Crippen LogP contribution in [-0.2, 0) is 0 Å². The zero-order valence-corrected chi connectivity index (χ0v) is 5.86. The molecule has 0 aliphatic rings. The zero-order chi connectivity index (χ0) is 6.85. The predicted molar refractivity (Wildman–Crippen MR) is 40.4 cm³/mol. The van der Waals surface area contributed by atoms with E-state index in [0.717, 1.165) is 5.35 Å². The Balaban J connectivity index is 3.61. The van der Waals surface area contributed by atoms with Gasteiger partial charge in [0.1, 0.15) is 0 Å². The highest BCUT2D eigenvalue weighted by molar-refractivity contribution is 5.26. The highest BCUT2D eigenvalue weighted by Crippen LogP contribution is 1.77. The van der Waals surface area contributed by atoms with Gasteiger partial charge in [0.2, 0.25) is 0 Å². The summed E-state index contributed by atoms with van der Waals surface area (Å²) in [6.07, 6.45) is 4.03. The lowest BCUT2D eigenvalue weighted by Gasteiger charge is -1.76. The lowest BCUT2D eigenvalue weighted by molar-refractivity contribution is 1.32. The van der Waals surface area contributed by atoms with E-state index in [9.17, 15) is 0 Å². The number of aromatic nitrogens is 1. The van der Waals surface area contributed by atoms with Gasteiger partial charge in [0.05, 0.1) is 0 Å². The normalized spacial score (nSPS) is 12.4. The molecule has 0 fully saturated rings. The number of aromatic amines is 1. The first-order valence-electron chi connectivity index (χ1n) is 3.05. The number of hydrogen-bond donors (Lipinski definition) is 1. The molecule has 0 bridgehead atoms. The highest BCUT2D eigenvalue weighted by atomic mass is 14.6. The topological polar surface area (TPSA) is 15.8 Å². The molecular weight excluding hydrogens is 110 g/mol. The minimum absolute atomic E-state index is 1.01. The van der Waals surface area contributed by atoms with E-state index >= 15 is 0 Å². The third-order valence-corrected chi connectivity index (χ3v) is 1.50. The van der Waals surface area contributed by atoms with Gasteiger partial charge in [0.25, 0.3) is 0 Å². The Morgan fingerprint density at radius 2 is 2.33 bits per heavy atom. The second-order valence-corrected chi connectivity index (χ2v) is 2.15. The van der Waals surface area contributed by atoms with E-state index in [0.29, 0.717) is 0 Å². The lowest BCUT2D eigenvalue weighted by Crippen LogP contribution is -2.21. The molecule has 1 heteroatoms. The molecule has 0 aliphatic heterocycles. The van der Waals surface area contributed by atoms with Crippen LogP contribution in [0.15, 0.2) is 6.20 Å². The van der Waals surface area contributed by atoms with E-state index in [1.807, 2.05) is 13.1 Å². The molecule has 0 unspecified atom stereocenters. The van der Waals surface area contributed by atoms with E-state index in [4.69, 9.17) is 0 Å². The Labute approximate surface area is 54.7 Å². The fourth-order valence-corrected chi connectivity index (χ4v) is 0.991. The first-order valence-corrected chi connectivity index (χ1v) is 3.05. The standard InChI is InChI=1S/C8H11N/c1-4-8-6(2)5-9-7(8)3/h4-5,9H,3H2,1-2H3/b8-4-. The van der Waals surface area contributed by atoms with Gasteiger partial charge in [-0.1, -0.05) is 12.7 Å². The van der Waals surface area contributed by atoms with Crippen molar-refractivity contribution in [1.29, 1.82) is 0 Å². The number of aryl methyl sites for hydroxylation is 1. The van der Waals surface area contributed by atoms with Crippen molar-refractivity contribution in [3.63, 3.8) is 0 Å². The third-order valence-electron chi connectivity index (χ3n) is 1.50. The van der Waals surface area contributed by atoms with E-state index in [1.165, 1.54) is 10.8 Å². The van der Waals surface area contributed by atoms with Crippen LogP contribution in [0.25, 0.3) is 12.7 Å². The number of rotatable bonds is 0. The minimum Gasteiger partial charge on any atom is -0.361 e. The minimum atomic E-state index is 1.01. The predicted octanol–water partition coefficient (Wildman–Crippen LogP) is 0.534. The zero-order valence-electron chi connectivity index (χ0n) is 5.86. The first kappa shape index (κ1) is 6.14. The molecule has 0 atom stereocenters. The summed E-state index contributed by atoms with van der Waals surface area (Å²) in [4.78, 5) is 3.05. The van der Waals surface area contributed by atoms with Gasteiger partial charge in [-0.3, -0.25) is 0 Å². The molecule has 48 valence electrons. The first-order chi connectivity index (χ1) is 4.25. The van der Waals surface area contributed by atoms with Gasteiger partial charge >= 0.3 is 0 Å². The van der Waals surface area contributed by atoms with Crippen LogP contribution in [0.3, 0.4) is 0 Å². The van der Waals surface area contributed by atoms with Crippen molar-refractivity contribution in [2.24, 2.45) is 0 Å². The Bertz CT molecular complexity index is 293. The molecule has 0 amide bonds. The SMILES string of the molecule is C=c1[nH]cc(C)/c1=C/C. The van der Waals surface area contributed by atoms with E-state index in [2.05, 4.69) is 24.6 Å². The molecule has 1 rings (SSSR count). The van der Waals surface area contributed by atoms with Crippen molar-refractivity contribution < 1.29 is 0 Å². The molecule has 0 aromatic carbocycles. The maximum Gasteiger partial charge on any atom is 0.0380 e. The molecule has 1 heterocycles. The summed E-state index contributed by atoms with van der Waals surface area (Å²) in [5, 5.41) is 2.24. The molecule has 0 saturated carbocycles. The molecule has 0 radical (unpaired) electrons. The maximum absolute atomic E-state index is 3.83. The van der Waals surface area contributed by atoms with Crippen LogP contribution in [0, 0.1) is 6.92 Å². The van der Waals surface area contributed by atoms with E-state index in [-0.39, 0.29) is 0 Å². The van der Waals surface area contributed by atoms with Crippen molar-refractivity contribution in [3.8, 4) is 0 Å². The number of hydrogen-bond acceptors (Lipinski definition) is 0. The summed E-state index contributed by atoms with van der Waals surface area (Å²) in [7, 11) is 0. The van der Waals surface area contributed by atoms with Gasteiger partial charge in [0.15, 0.2) is 0 Å². The van der Waals surface area contributed by atoms with E-state index < -0.39 is 0 Å². The molecule has 0 spiro atoms. The Morgan fingerprint density at radius 3 is 2.56 bits per heavy atom. The molecule has 1 N–H and O–H groups in total. The molecular formula is C8H11N. The number of nitrogens with one attached hydrogen (secondary N) is 1. The van der Waals surface area contributed by atoms with Crippen molar-refractivity contribution in [3.05, 3.63) is 22.3 Å². The molecule has 1 aromatic rings. The molecule has 0 saturated heterocycles. The largest absolute Gasteiger partial charge is 0.361 e. The average molecular weight is 121 g/mol. The Hall–Kier alpha value is -0.980. The quantitative estimate of drug-likeness (QED) is 0.515. The monoisotopic (exact) mass is 121 g/mol. The summed E-state index contributed by atoms with van der Waals surface area (Å²) in [5.41, 5.74) is 1.27. The van der Waals surface area contributed by atoms with Gasteiger partial charge in [-0.15, -0.1) is 0 Å². The Morgan fingerprint density at radius 1 is 1.67 bits per heavy atom. The van der Waals surface area contributed by atoms with Gasteiger partial charge in [-0.2, -0.15) is 0 Å². The van der Waals surface area contributed by atoms with Crippen LogP contribution >= 0.6 is 0 Å². The molecule has 1 aromatic heterocycles. The van der Waals surface area contributed by atoms with Gasteiger partial charge in [-0.05, 0) is 24.6 Å². The van der Waals surface area contributed by atoms with Gasteiger partial charge < -0.3 is 4.98 Å². The van der Waals surface area contributed by atoms with Crippen molar-refractivity contribution in [2.45, 2.75) is 13.8 Å². The second-order valence-electron chi connectivity index (χ2n) is 2.15. The van der Waals surface area contributed by atoms with Crippen LogP contribution in [0.1, 0.15) is 12.5 Å². The van der Waals surface area contributed by atoms with Gasteiger partial charge in [0, 0.05) is 11.5 Å². The molecule has 9 heavy (non-hydrogen) atoms. The summed E-state index contributed by atoms with van der Waals surface area (Å²) < 4.78 is 0. The molecule has 0 aliphatic carbocycles. The average Bonchev–Trinajstić information content (AvgIpc) is 2.12. The van der Waals surface area contributed by atoms with Crippen LogP contribution < -0.4 is 10.6 Å². The Kier molecular flexibility index (Phi) is 1.43. The maximum atomic E-state index is 3.83. The lowest BCUT2D eigenvalue weighted by atomic mass is 10.3. The molecule has 1 nitrogen and oxygen atoms in total. The summed E-state index contributed by atoms with van der Waals surface area (Å²) in [6, 6.07) is 0. The van der Waals surface area contributed by atoms with Crippen LogP contribution in [0.5, 0.6) is 0 Å². The smallest absolute Gasteiger partial charge is 0.0380 e. The van der Waals surface area contributed by atoms with E-state index in [1.54, 1.807) is 0 Å². The highest BCUT2D eigenvalue weighted by Gasteiger charge is 1.86. The summed E-state index contributed by atoms with van der Waals surface area (Å²) >= 11 is 0. The van der Waals surface area contributed by atoms with Crippen molar-refractivity contribution in [1.82, 2.24) is 4.98 Å². The summed E-state index contributed by atoms with van der Waals surface area (Å²) in [5.74, 6) is 0. The van der Waals surface area contributed by atoms with Gasteiger partial charge in [-0.25, -0.2) is 0 Å². The number of H-pyrrole nitrogens is 1.